The van der Waals surface area contributed by atoms with Gasteiger partial charge >= 0.3 is 0 Å². The maximum absolute atomic E-state index is 11.6. The van der Waals surface area contributed by atoms with E-state index in [4.69, 9.17) is 9.26 Å². The van der Waals surface area contributed by atoms with Crippen LogP contribution in [0.25, 0.3) is 0 Å². The van der Waals surface area contributed by atoms with Gasteiger partial charge in [-0.1, -0.05) is 19.8 Å². The Kier molecular flexibility index (Phi) is 8.10. The number of ether oxygens (including phenoxy) is 1. The van der Waals surface area contributed by atoms with Gasteiger partial charge in [-0.2, -0.15) is 0 Å². The molecule has 1 aliphatic carbocycles. The van der Waals surface area contributed by atoms with E-state index in [1.54, 1.807) is 7.11 Å². The van der Waals surface area contributed by atoms with Gasteiger partial charge in [0.2, 0.25) is 0 Å². The summed E-state index contributed by atoms with van der Waals surface area (Å²) in [5, 5.41) is 0. The van der Waals surface area contributed by atoms with Crippen molar-refractivity contribution in [1.82, 2.24) is 0 Å². The third-order valence-electron chi connectivity index (χ3n) is 4.91. The highest BCUT2D eigenvalue weighted by atomic mass is 32.7. The molecule has 0 aromatic carbocycles. The average molecular weight is 367 g/mol. The first-order valence-corrected chi connectivity index (χ1v) is 11.2. The van der Waals surface area contributed by atoms with Crippen LogP contribution >= 0.6 is 19.0 Å². The molecule has 1 rings (SSSR count). The third-order valence-corrected chi connectivity index (χ3v) is 5.73. The molecule has 0 radical (unpaired) electrons. The molecule has 6 unspecified atom stereocenters. The van der Waals surface area contributed by atoms with Crippen LogP contribution in [0.4, 0.5) is 0 Å². The summed E-state index contributed by atoms with van der Waals surface area (Å²) in [4.78, 5) is 11.6. The highest BCUT2D eigenvalue weighted by Gasteiger charge is 2.38. The molecule has 1 fully saturated rings. The lowest BCUT2D eigenvalue weighted by Gasteiger charge is -2.42. The fourth-order valence-corrected chi connectivity index (χ4v) is 4.63. The first kappa shape index (κ1) is 21.5. The number of methoxy groups -OCH3 is 1. The minimum atomic E-state index is -4.04. The van der Waals surface area contributed by atoms with E-state index in [2.05, 4.69) is 47.2 Å². The molecular formula is C16H34NO4PS. The van der Waals surface area contributed by atoms with E-state index in [9.17, 15) is 9.46 Å². The van der Waals surface area contributed by atoms with Crippen molar-refractivity contribution in [2.75, 3.05) is 34.8 Å². The number of quaternary nitrogens is 1. The summed E-state index contributed by atoms with van der Waals surface area (Å²) in [7, 11) is 7.92. The molecule has 138 valence electrons. The fourth-order valence-electron chi connectivity index (χ4n) is 3.70. The van der Waals surface area contributed by atoms with Gasteiger partial charge in [-0.25, -0.2) is 0 Å². The molecule has 0 spiro atoms. The number of hydrogen-bond donors (Lipinski definition) is 1. The second-order valence-electron chi connectivity index (χ2n) is 8.19. The molecule has 0 saturated heterocycles. The molecule has 0 aromatic heterocycles. The zero-order valence-electron chi connectivity index (χ0n) is 15.4. The van der Waals surface area contributed by atoms with Crippen molar-refractivity contribution in [3.8, 4) is 0 Å². The van der Waals surface area contributed by atoms with Gasteiger partial charge in [-0.05, 0) is 37.5 Å². The van der Waals surface area contributed by atoms with Crippen molar-refractivity contribution in [3.63, 3.8) is 0 Å². The Morgan fingerprint density at radius 2 is 1.96 bits per heavy atom. The van der Waals surface area contributed by atoms with Gasteiger partial charge in [0.15, 0.2) is 6.80 Å². The Morgan fingerprint density at radius 3 is 2.43 bits per heavy atom. The molecule has 0 aromatic rings. The largest absolute Gasteiger partial charge is 0.770 e. The zero-order chi connectivity index (χ0) is 17.8. The predicted octanol–water partition coefficient (Wildman–Crippen LogP) is 2.95. The molecule has 0 bridgehead atoms. The Balaban J connectivity index is 2.85. The topological polar surface area (TPSA) is 58.6 Å². The second kappa shape index (κ2) is 8.68. The van der Waals surface area contributed by atoms with E-state index in [1.807, 2.05) is 0 Å². The fraction of sp³-hybridized carbons (Fsp3) is 1.00. The Labute approximate surface area is 147 Å². The summed E-state index contributed by atoms with van der Waals surface area (Å²) in [6, 6.07) is 0. The van der Waals surface area contributed by atoms with Crippen LogP contribution in [0.2, 0.25) is 0 Å². The smallest absolute Gasteiger partial charge is 0.189 e. The lowest BCUT2D eigenvalue weighted by Crippen LogP contribution is -2.47. The third kappa shape index (κ3) is 8.37. The quantitative estimate of drug-likeness (QED) is 0.407. The summed E-state index contributed by atoms with van der Waals surface area (Å²) in [5.74, 6) is 1.26. The van der Waals surface area contributed by atoms with Crippen LogP contribution in [-0.2, 0) is 13.8 Å². The van der Waals surface area contributed by atoms with Crippen molar-refractivity contribution < 1.29 is 23.2 Å². The molecule has 0 amide bonds. The molecule has 5 nitrogen and oxygen atoms in total. The number of hydrogen-bond acceptors (Lipinski definition) is 4. The normalized spacial score (nSPS) is 31.4. The van der Waals surface area contributed by atoms with E-state index >= 15 is 0 Å². The van der Waals surface area contributed by atoms with Crippen LogP contribution in [0.5, 0.6) is 0 Å². The SMILES string of the molecule is COC(C)CC1CCC(C)C(C(C[N+](C)(C)C)OP(=O)([O-])S)C1. The van der Waals surface area contributed by atoms with E-state index in [1.165, 1.54) is 6.42 Å². The first-order chi connectivity index (χ1) is 10.4. The molecule has 1 saturated carbocycles. The number of thiol groups is 1. The van der Waals surface area contributed by atoms with Crippen molar-refractivity contribution >= 4 is 19.0 Å². The van der Waals surface area contributed by atoms with E-state index in [-0.39, 0.29) is 18.1 Å². The van der Waals surface area contributed by atoms with Crippen molar-refractivity contribution in [2.24, 2.45) is 17.8 Å². The summed E-state index contributed by atoms with van der Waals surface area (Å²) in [5.41, 5.74) is 0. The monoisotopic (exact) mass is 367 g/mol. The molecule has 0 N–H and O–H groups in total. The molecule has 1 aliphatic rings. The van der Waals surface area contributed by atoms with E-state index < -0.39 is 6.80 Å². The van der Waals surface area contributed by atoms with Gasteiger partial charge in [-0.15, -0.1) is 12.2 Å². The van der Waals surface area contributed by atoms with Gasteiger partial charge < -0.3 is 18.6 Å². The predicted molar refractivity (Wildman–Crippen MR) is 95.4 cm³/mol. The summed E-state index contributed by atoms with van der Waals surface area (Å²) < 4.78 is 23.1. The van der Waals surface area contributed by atoms with Crippen molar-refractivity contribution in [3.05, 3.63) is 0 Å². The van der Waals surface area contributed by atoms with Crippen LogP contribution in [0.15, 0.2) is 0 Å². The lowest BCUT2D eigenvalue weighted by atomic mass is 9.71. The van der Waals surface area contributed by atoms with Crippen LogP contribution in [0.1, 0.15) is 39.5 Å². The van der Waals surface area contributed by atoms with Gasteiger partial charge in [0.25, 0.3) is 0 Å². The van der Waals surface area contributed by atoms with E-state index in [0.717, 1.165) is 19.3 Å². The second-order valence-corrected chi connectivity index (χ2v) is 10.8. The molecule has 0 heterocycles. The zero-order valence-corrected chi connectivity index (χ0v) is 17.2. The summed E-state index contributed by atoms with van der Waals surface area (Å²) in [6.07, 6.45) is 4.23. The van der Waals surface area contributed by atoms with Gasteiger partial charge in [0.05, 0.1) is 27.2 Å². The van der Waals surface area contributed by atoms with Crippen LogP contribution in [0.3, 0.4) is 0 Å². The van der Waals surface area contributed by atoms with Crippen LogP contribution in [-0.4, -0.2) is 51.5 Å². The first-order valence-electron chi connectivity index (χ1n) is 8.46. The highest BCUT2D eigenvalue weighted by Crippen LogP contribution is 2.48. The van der Waals surface area contributed by atoms with Crippen molar-refractivity contribution in [1.29, 1.82) is 0 Å². The maximum atomic E-state index is 11.6. The Morgan fingerprint density at radius 1 is 1.35 bits per heavy atom. The Bertz CT molecular complexity index is 409. The Hall–Kier alpha value is 0.420. The summed E-state index contributed by atoms with van der Waals surface area (Å²) in [6.45, 7) is 0.916. The van der Waals surface area contributed by atoms with Crippen LogP contribution < -0.4 is 4.89 Å². The van der Waals surface area contributed by atoms with Gasteiger partial charge in [0, 0.05) is 7.11 Å². The lowest BCUT2D eigenvalue weighted by molar-refractivity contribution is -0.873. The average Bonchev–Trinajstić information content (AvgIpc) is 2.36. The molecule has 7 heteroatoms. The number of nitrogens with zero attached hydrogens (tertiary/aromatic N) is 1. The van der Waals surface area contributed by atoms with Gasteiger partial charge in [0.1, 0.15) is 12.6 Å². The molecular weight excluding hydrogens is 333 g/mol. The minimum absolute atomic E-state index is 0.238. The van der Waals surface area contributed by atoms with Gasteiger partial charge in [-0.3, -0.25) is 4.57 Å². The molecule has 0 aliphatic heterocycles. The van der Waals surface area contributed by atoms with E-state index in [0.29, 0.717) is 22.9 Å². The molecule has 6 atom stereocenters. The minimum Gasteiger partial charge on any atom is -0.770 e. The number of likely N-dealkylation sites (N-methyl/N-ethyl adjacent to an activating group) is 1. The highest BCUT2D eigenvalue weighted by molar-refractivity contribution is 8.43. The maximum Gasteiger partial charge on any atom is 0.189 e. The molecule has 23 heavy (non-hydrogen) atoms. The van der Waals surface area contributed by atoms with Crippen molar-refractivity contribution in [2.45, 2.75) is 51.7 Å². The van der Waals surface area contributed by atoms with Crippen LogP contribution in [0, 0.1) is 17.8 Å². The number of rotatable bonds is 8. The summed E-state index contributed by atoms with van der Waals surface area (Å²) >= 11 is 3.64. The standard InChI is InChI=1S/C16H34NO4PS/c1-12-7-8-14(9-13(2)20-6)10-15(12)16(11-17(3,4)5)21-22(18,19)23/h12-16H,7-11H2,1-6H3,(H-,18,19,23).